The third-order valence-electron chi connectivity index (χ3n) is 2.28. The molecule has 0 spiro atoms. The Morgan fingerprint density at radius 3 is 2.71 bits per heavy atom. The molecule has 0 bridgehead atoms. The minimum absolute atomic E-state index is 0.504. The number of aromatic nitrogens is 3. The van der Waals surface area contributed by atoms with Crippen LogP contribution in [-0.2, 0) is 0 Å². The quantitative estimate of drug-likeness (QED) is 0.774. The fourth-order valence-electron chi connectivity index (χ4n) is 1.45. The van der Waals surface area contributed by atoms with E-state index in [0.29, 0.717) is 17.1 Å². The Kier molecular flexibility index (Phi) is 2.97. The van der Waals surface area contributed by atoms with E-state index in [1.165, 1.54) is 0 Å². The van der Waals surface area contributed by atoms with Gasteiger partial charge in [-0.25, -0.2) is 0 Å². The zero-order valence-electron chi connectivity index (χ0n) is 9.62. The molecule has 2 heterocycles. The lowest BCUT2D eigenvalue weighted by Crippen LogP contribution is -2.13. The summed E-state index contributed by atoms with van der Waals surface area (Å²) in [4.78, 5) is 5.78. The van der Waals surface area contributed by atoms with Crippen LogP contribution in [0.15, 0.2) is 30.6 Å². The molecule has 0 aliphatic rings. The van der Waals surface area contributed by atoms with E-state index < -0.39 is 0 Å². The van der Waals surface area contributed by atoms with Gasteiger partial charge in [0.1, 0.15) is 6.07 Å². The van der Waals surface area contributed by atoms with Crippen LogP contribution < -0.4 is 4.90 Å². The van der Waals surface area contributed by atoms with Crippen molar-refractivity contribution in [2.75, 3.05) is 19.0 Å². The van der Waals surface area contributed by atoms with E-state index in [-0.39, 0.29) is 0 Å². The number of hydrogen-bond acceptors (Lipinski definition) is 5. The maximum Gasteiger partial charge on any atom is 0.168 e. The molecule has 0 saturated carbocycles. The van der Waals surface area contributed by atoms with Gasteiger partial charge in [-0.2, -0.15) is 5.26 Å². The van der Waals surface area contributed by atoms with Gasteiger partial charge >= 0.3 is 0 Å². The zero-order chi connectivity index (χ0) is 12.3. The van der Waals surface area contributed by atoms with E-state index in [0.717, 1.165) is 5.56 Å². The summed E-state index contributed by atoms with van der Waals surface area (Å²) in [5.74, 6) is 0.570. The SMILES string of the molecule is CN(C)c1nnc(-c2cccnc2)cc1C#N. The molecule has 0 amide bonds. The first-order valence-corrected chi connectivity index (χ1v) is 5.08. The molecule has 17 heavy (non-hydrogen) atoms. The molecule has 5 heteroatoms. The highest BCUT2D eigenvalue weighted by Gasteiger charge is 2.09. The van der Waals surface area contributed by atoms with Crippen molar-refractivity contribution < 1.29 is 0 Å². The van der Waals surface area contributed by atoms with Crippen LogP contribution in [0.3, 0.4) is 0 Å². The Balaban J connectivity index is 2.50. The van der Waals surface area contributed by atoms with Gasteiger partial charge in [-0.1, -0.05) is 0 Å². The van der Waals surface area contributed by atoms with Gasteiger partial charge < -0.3 is 4.90 Å². The summed E-state index contributed by atoms with van der Waals surface area (Å²) in [6, 6.07) is 7.55. The first-order valence-electron chi connectivity index (χ1n) is 5.08. The average molecular weight is 225 g/mol. The number of nitrogens with zero attached hydrogens (tertiary/aromatic N) is 5. The predicted octanol–water partition coefficient (Wildman–Crippen LogP) is 1.48. The summed E-state index contributed by atoms with van der Waals surface area (Å²) in [7, 11) is 3.66. The van der Waals surface area contributed by atoms with E-state index in [2.05, 4.69) is 21.3 Å². The van der Waals surface area contributed by atoms with Crippen LogP contribution in [-0.4, -0.2) is 29.3 Å². The normalized spacial score (nSPS) is 9.71. The van der Waals surface area contributed by atoms with Crippen molar-refractivity contribution in [3.63, 3.8) is 0 Å². The second-order valence-electron chi connectivity index (χ2n) is 3.71. The van der Waals surface area contributed by atoms with Gasteiger partial charge in [-0.05, 0) is 18.2 Å². The third kappa shape index (κ3) is 2.21. The molecular weight excluding hydrogens is 214 g/mol. The van der Waals surface area contributed by atoms with Crippen LogP contribution in [0.25, 0.3) is 11.3 Å². The Morgan fingerprint density at radius 2 is 2.12 bits per heavy atom. The molecule has 2 aromatic heterocycles. The van der Waals surface area contributed by atoms with Crippen molar-refractivity contribution in [1.82, 2.24) is 15.2 Å². The van der Waals surface area contributed by atoms with Crippen LogP contribution >= 0.6 is 0 Å². The fraction of sp³-hybridized carbons (Fsp3) is 0.167. The minimum Gasteiger partial charge on any atom is -0.360 e. The first kappa shape index (κ1) is 11.0. The lowest BCUT2D eigenvalue weighted by molar-refractivity contribution is 0.962. The lowest BCUT2D eigenvalue weighted by Gasteiger charge is -2.12. The van der Waals surface area contributed by atoms with Crippen molar-refractivity contribution in [2.24, 2.45) is 0 Å². The summed E-state index contributed by atoms with van der Waals surface area (Å²) in [5.41, 5.74) is 2.01. The maximum atomic E-state index is 9.08. The van der Waals surface area contributed by atoms with E-state index in [4.69, 9.17) is 5.26 Å². The summed E-state index contributed by atoms with van der Waals surface area (Å²) < 4.78 is 0. The van der Waals surface area contributed by atoms with Crippen molar-refractivity contribution in [3.05, 3.63) is 36.2 Å². The molecule has 2 rings (SSSR count). The molecule has 0 aliphatic carbocycles. The number of hydrogen-bond donors (Lipinski definition) is 0. The molecule has 0 aliphatic heterocycles. The molecule has 0 N–H and O–H groups in total. The van der Waals surface area contributed by atoms with E-state index >= 15 is 0 Å². The Bertz CT molecular complexity index is 557. The van der Waals surface area contributed by atoms with Gasteiger partial charge in [0.2, 0.25) is 0 Å². The zero-order valence-corrected chi connectivity index (χ0v) is 9.62. The monoisotopic (exact) mass is 225 g/mol. The summed E-state index contributed by atoms with van der Waals surface area (Å²) in [6.07, 6.45) is 3.39. The smallest absolute Gasteiger partial charge is 0.168 e. The van der Waals surface area contributed by atoms with Crippen molar-refractivity contribution in [1.29, 1.82) is 5.26 Å². The van der Waals surface area contributed by atoms with Crippen LogP contribution in [0.4, 0.5) is 5.82 Å². The number of rotatable bonds is 2. The Hall–Kier alpha value is -2.48. The molecule has 2 aromatic rings. The minimum atomic E-state index is 0.504. The Labute approximate surface area is 99.4 Å². The van der Waals surface area contributed by atoms with Crippen LogP contribution in [0.1, 0.15) is 5.56 Å². The molecule has 5 nitrogen and oxygen atoms in total. The van der Waals surface area contributed by atoms with Crippen LogP contribution in [0.5, 0.6) is 0 Å². The summed E-state index contributed by atoms with van der Waals surface area (Å²) in [5, 5.41) is 17.2. The third-order valence-corrected chi connectivity index (χ3v) is 2.28. The van der Waals surface area contributed by atoms with Crippen molar-refractivity contribution >= 4 is 5.82 Å². The van der Waals surface area contributed by atoms with Crippen LogP contribution in [0.2, 0.25) is 0 Å². The van der Waals surface area contributed by atoms with Crippen LogP contribution in [0, 0.1) is 11.3 Å². The van der Waals surface area contributed by atoms with Gasteiger partial charge in [0.15, 0.2) is 5.82 Å². The Morgan fingerprint density at radius 1 is 1.29 bits per heavy atom. The van der Waals surface area contributed by atoms with Gasteiger partial charge in [0.05, 0.1) is 11.3 Å². The molecule has 0 radical (unpaired) electrons. The maximum absolute atomic E-state index is 9.08. The highest BCUT2D eigenvalue weighted by atomic mass is 15.2. The largest absolute Gasteiger partial charge is 0.360 e. The molecule has 84 valence electrons. The standard InChI is InChI=1S/C12H11N5/c1-17(2)12-10(7-13)6-11(15-16-12)9-4-3-5-14-8-9/h3-6,8H,1-2H3. The molecule has 0 aromatic carbocycles. The lowest BCUT2D eigenvalue weighted by atomic mass is 10.1. The highest BCUT2D eigenvalue weighted by Crippen LogP contribution is 2.20. The van der Waals surface area contributed by atoms with E-state index in [9.17, 15) is 0 Å². The number of pyridine rings is 1. The van der Waals surface area contributed by atoms with Gasteiger partial charge in [-0.15, -0.1) is 10.2 Å². The summed E-state index contributed by atoms with van der Waals surface area (Å²) in [6.45, 7) is 0. The molecular formula is C12H11N5. The topological polar surface area (TPSA) is 65.7 Å². The number of anilines is 1. The van der Waals surface area contributed by atoms with E-state index in [1.54, 1.807) is 23.4 Å². The second kappa shape index (κ2) is 4.58. The van der Waals surface area contributed by atoms with Gasteiger partial charge in [0, 0.05) is 32.1 Å². The van der Waals surface area contributed by atoms with Gasteiger partial charge in [-0.3, -0.25) is 4.98 Å². The highest BCUT2D eigenvalue weighted by molar-refractivity contribution is 5.63. The molecule has 0 atom stereocenters. The molecule has 0 unspecified atom stereocenters. The average Bonchev–Trinajstić information content (AvgIpc) is 2.39. The van der Waals surface area contributed by atoms with Crippen molar-refractivity contribution in [3.8, 4) is 17.3 Å². The molecule has 0 saturated heterocycles. The molecule has 0 fully saturated rings. The van der Waals surface area contributed by atoms with Gasteiger partial charge in [0.25, 0.3) is 0 Å². The van der Waals surface area contributed by atoms with Crippen molar-refractivity contribution in [2.45, 2.75) is 0 Å². The summed E-state index contributed by atoms with van der Waals surface area (Å²) >= 11 is 0. The first-order chi connectivity index (χ1) is 8.22. The second-order valence-corrected chi connectivity index (χ2v) is 3.71. The predicted molar refractivity (Wildman–Crippen MR) is 64.3 cm³/mol. The number of nitriles is 1. The van der Waals surface area contributed by atoms with E-state index in [1.807, 2.05) is 26.2 Å². The fourth-order valence-corrected chi connectivity index (χ4v) is 1.45.